The quantitative estimate of drug-likeness (QED) is 0.922. The van der Waals surface area contributed by atoms with E-state index in [1.54, 1.807) is 7.11 Å². The molecule has 2 fully saturated rings. The predicted molar refractivity (Wildman–Crippen MR) is 87.3 cm³/mol. The van der Waals surface area contributed by atoms with Crippen molar-refractivity contribution >= 4 is 11.8 Å². The molecule has 0 radical (unpaired) electrons. The molecule has 2 saturated heterocycles. The third kappa shape index (κ3) is 2.69. The smallest absolute Gasteiger partial charge is 0.232 e. The zero-order valence-electron chi connectivity index (χ0n) is 14.0. The largest absolute Gasteiger partial charge is 0.497 e. The minimum absolute atomic E-state index is 0.00273. The highest BCUT2D eigenvalue weighted by Crippen LogP contribution is 2.43. The molecule has 5 nitrogen and oxygen atoms in total. The molecule has 0 bridgehead atoms. The molecule has 3 rings (SSSR count). The molecule has 5 heteroatoms. The number of rotatable bonds is 4. The van der Waals surface area contributed by atoms with Gasteiger partial charge in [-0.2, -0.15) is 0 Å². The fourth-order valence-electron chi connectivity index (χ4n) is 3.81. The zero-order valence-corrected chi connectivity index (χ0v) is 14.0. The molecule has 0 aliphatic carbocycles. The Hall–Kier alpha value is -2.04. The van der Waals surface area contributed by atoms with Gasteiger partial charge in [-0.3, -0.25) is 9.59 Å². The van der Waals surface area contributed by atoms with E-state index in [1.807, 2.05) is 43.0 Å². The predicted octanol–water partition coefficient (Wildman–Crippen LogP) is 1.85. The molecule has 2 heterocycles. The van der Waals surface area contributed by atoms with Crippen molar-refractivity contribution < 1.29 is 14.3 Å². The van der Waals surface area contributed by atoms with Crippen LogP contribution in [0.25, 0.3) is 0 Å². The van der Waals surface area contributed by atoms with Crippen LogP contribution >= 0.6 is 0 Å². The molecule has 2 amide bonds. The van der Waals surface area contributed by atoms with Crippen molar-refractivity contribution in [3.05, 3.63) is 29.8 Å². The Bertz CT molecular complexity index is 628. The molecule has 0 saturated carbocycles. The lowest BCUT2D eigenvalue weighted by molar-refractivity contribution is -0.129. The maximum absolute atomic E-state index is 13.0. The number of fused-ring (bicyclic) bond motifs is 1. The van der Waals surface area contributed by atoms with E-state index >= 15 is 0 Å². The van der Waals surface area contributed by atoms with Crippen LogP contribution in [0, 0.1) is 0 Å². The number of benzene rings is 1. The number of hydrogen-bond acceptors (Lipinski definition) is 3. The number of nitrogens with one attached hydrogen (secondary N) is 1. The van der Waals surface area contributed by atoms with Gasteiger partial charge in [-0.25, -0.2) is 0 Å². The molecule has 2 aliphatic rings. The minimum Gasteiger partial charge on any atom is -0.497 e. The van der Waals surface area contributed by atoms with Crippen LogP contribution in [0.1, 0.15) is 38.7 Å². The zero-order chi connectivity index (χ0) is 16.6. The van der Waals surface area contributed by atoms with Crippen LogP contribution in [-0.2, 0) is 15.0 Å². The molecule has 0 aromatic heterocycles. The van der Waals surface area contributed by atoms with Crippen molar-refractivity contribution in [2.45, 2.75) is 50.6 Å². The van der Waals surface area contributed by atoms with Gasteiger partial charge in [0, 0.05) is 25.0 Å². The standard InChI is InChI=1S/C18H24N2O3/c1-12(2)19-17(22)18(13-5-4-6-15(9-13)23-3)10-14-7-8-16(21)20(14)11-18/h4-6,9,12,14H,7-8,10-11H2,1-3H3,(H,19,22)/t14-,18-/m0/s1. The first-order valence-corrected chi connectivity index (χ1v) is 8.21. The first-order chi connectivity index (χ1) is 11.0. The number of carbonyl (C=O) groups excluding carboxylic acids is 2. The van der Waals surface area contributed by atoms with Crippen LogP contribution in [0.5, 0.6) is 5.75 Å². The summed E-state index contributed by atoms with van der Waals surface area (Å²) in [5, 5.41) is 3.05. The van der Waals surface area contributed by atoms with Gasteiger partial charge in [0.15, 0.2) is 0 Å². The van der Waals surface area contributed by atoms with Gasteiger partial charge < -0.3 is 15.0 Å². The number of methoxy groups -OCH3 is 1. The van der Waals surface area contributed by atoms with Gasteiger partial charge in [0.25, 0.3) is 0 Å². The topological polar surface area (TPSA) is 58.6 Å². The van der Waals surface area contributed by atoms with Gasteiger partial charge in [-0.1, -0.05) is 12.1 Å². The highest BCUT2D eigenvalue weighted by Gasteiger charge is 2.53. The van der Waals surface area contributed by atoms with Gasteiger partial charge in [-0.05, 0) is 44.4 Å². The molecule has 0 unspecified atom stereocenters. The van der Waals surface area contributed by atoms with Gasteiger partial charge in [0.1, 0.15) is 5.75 Å². The molecule has 23 heavy (non-hydrogen) atoms. The molecule has 1 N–H and O–H groups in total. The van der Waals surface area contributed by atoms with E-state index in [2.05, 4.69) is 5.32 Å². The van der Waals surface area contributed by atoms with E-state index in [1.165, 1.54) is 0 Å². The normalized spacial score (nSPS) is 26.5. The van der Waals surface area contributed by atoms with Crippen LogP contribution in [0.2, 0.25) is 0 Å². The summed E-state index contributed by atoms with van der Waals surface area (Å²) in [5.74, 6) is 0.901. The number of hydrogen-bond donors (Lipinski definition) is 1. The molecular formula is C18H24N2O3. The van der Waals surface area contributed by atoms with E-state index < -0.39 is 5.41 Å². The van der Waals surface area contributed by atoms with Gasteiger partial charge >= 0.3 is 0 Å². The second-order valence-electron chi connectivity index (χ2n) is 6.86. The van der Waals surface area contributed by atoms with Crippen molar-refractivity contribution in [1.82, 2.24) is 10.2 Å². The average molecular weight is 316 g/mol. The third-order valence-electron chi connectivity index (χ3n) is 4.95. The number of carbonyl (C=O) groups is 2. The van der Waals surface area contributed by atoms with Crippen molar-refractivity contribution in [2.75, 3.05) is 13.7 Å². The van der Waals surface area contributed by atoms with E-state index in [4.69, 9.17) is 4.74 Å². The van der Waals surface area contributed by atoms with Crippen molar-refractivity contribution in [3.8, 4) is 5.75 Å². The lowest BCUT2D eigenvalue weighted by atomic mass is 9.76. The summed E-state index contributed by atoms with van der Waals surface area (Å²) in [6.45, 7) is 4.37. The molecule has 0 spiro atoms. The van der Waals surface area contributed by atoms with Crippen molar-refractivity contribution in [1.29, 1.82) is 0 Å². The van der Waals surface area contributed by atoms with Crippen LogP contribution in [0.4, 0.5) is 0 Å². The van der Waals surface area contributed by atoms with E-state index in [9.17, 15) is 9.59 Å². The minimum atomic E-state index is -0.681. The number of ether oxygens (including phenoxy) is 1. The molecule has 2 aliphatic heterocycles. The van der Waals surface area contributed by atoms with Gasteiger partial charge in [-0.15, -0.1) is 0 Å². The fraction of sp³-hybridized carbons (Fsp3) is 0.556. The van der Waals surface area contributed by atoms with Crippen LogP contribution in [0.15, 0.2) is 24.3 Å². The maximum Gasteiger partial charge on any atom is 0.232 e. The highest BCUT2D eigenvalue weighted by molar-refractivity contribution is 5.91. The number of amides is 2. The van der Waals surface area contributed by atoms with Crippen molar-refractivity contribution in [3.63, 3.8) is 0 Å². The molecule has 1 aromatic carbocycles. The van der Waals surface area contributed by atoms with Crippen LogP contribution in [-0.4, -0.2) is 42.5 Å². The first-order valence-electron chi connectivity index (χ1n) is 8.21. The van der Waals surface area contributed by atoms with Crippen LogP contribution < -0.4 is 10.1 Å². The first kappa shape index (κ1) is 15.8. The van der Waals surface area contributed by atoms with E-state index in [-0.39, 0.29) is 23.9 Å². The third-order valence-corrected chi connectivity index (χ3v) is 4.95. The summed E-state index contributed by atoms with van der Waals surface area (Å²) in [5.41, 5.74) is 0.247. The summed E-state index contributed by atoms with van der Waals surface area (Å²) in [7, 11) is 1.62. The van der Waals surface area contributed by atoms with Gasteiger partial charge in [0.05, 0.1) is 12.5 Å². The second kappa shape index (κ2) is 5.87. The van der Waals surface area contributed by atoms with Crippen molar-refractivity contribution in [2.24, 2.45) is 0 Å². The average Bonchev–Trinajstić information content (AvgIpc) is 3.07. The Morgan fingerprint density at radius 3 is 2.87 bits per heavy atom. The SMILES string of the molecule is COc1cccc([C@]2(C(=O)NC(C)C)C[C@@H]3CCC(=O)N3C2)c1. The second-order valence-corrected chi connectivity index (χ2v) is 6.86. The Labute approximate surface area is 137 Å². The summed E-state index contributed by atoms with van der Waals surface area (Å²) >= 11 is 0. The Balaban J connectivity index is 2.01. The Kier molecular flexibility index (Phi) is 4.04. The van der Waals surface area contributed by atoms with Gasteiger partial charge in [0.2, 0.25) is 11.8 Å². The summed E-state index contributed by atoms with van der Waals surface area (Å²) < 4.78 is 5.32. The molecule has 1 aromatic rings. The lowest BCUT2D eigenvalue weighted by Gasteiger charge is -2.30. The molecule has 124 valence electrons. The molecule has 2 atom stereocenters. The molecular weight excluding hydrogens is 292 g/mol. The fourth-order valence-corrected chi connectivity index (χ4v) is 3.81. The summed E-state index contributed by atoms with van der Waals surface area (Å²) in [4.78, 5) is 27.0. The maximum atomic E-state index is 13.0. The summed E-state index contributed by atoms with van der Waals surface area (Å²) in [6.07, 6.45) is 2.13. The van der Waals surface area contributed by atoms with E-state index in [0.717, 1.165) is 17.7 Å². The summed E-state index contributed by atoms with van der Waals surface area (Å²) in [6, 6.07) is 7.91. The Morgan fingerprint density at radius 1 is 1.43 bits per heavy atom. The number of nitrogens with zero attached hydrogens (tertiary/aromatic N) is 1. The monoisotopic (exact) mass is 316 g/mol. The highest BCUT2D eigenvalue weighted by atomic mass is 16.5. The van der Waals surface area contributed by atoms with Crippen LogP contribution in [0.3, 0.4) is 0 Å². The Morgan fingerprint density at radius 2 is 2.22 bits per heavy atom. The van der Waals surface area contributed by atoms with E-state index in [0.29, 0.717) is 19.4 Å². The lowest BCUT2D eigenvalue weighted by Crippen LogP contribution is -2.49.